The number of nitrogens with zero attached hydrogens (tertiary/aromatic N) is 1. The van der Waals surface area contributed by atoms with Gasteiger partial charge in [-0.05, 0) is 38.2 Å². The number of hydrogen-bond acceptors (Lipinski definition) is 3. The van der Waals surface area contributed by atoms with Crippen LogP contribution in [0.1, 0.15) is 36.6 Å². The Morgan fingerprint density at radius 2 is 2.25 bits per heavy atom. The van der Waals surface area contributed by atoms with Crippen molar-refractivity contribution in [2.24, 2.45) is 5.92 Å². The molecule has 2 heterocycles. The summed E-state index contributed by atoms with van der Waals surface area (Å²) < 4.78 is 5.32. The predicted molar refractivity (Wildman–Crippen MR) is 62.1 cm³/mol. The quantitative estimate of drug-likeness (QED) is 0.851. The van der Waals surface area contributed by atoms with Crippen LogP contribution in [0.15, 0.2) is 18.3 Å². The zero-order valence-electron chi connectivity index (χ0n) is 9.72. The highest BCUT2D eigenvalue weighted by Gasteiger charge is 2.19. The van der Waals surface area contributed by atoms with Gasteiger partial charge < -0.3 is 9.84 Å². The highest BCUT2D eigenvalue weighted by molar-refractivity contribution is 5.20. The van der Waals surface area contributed by atoms with Crippen LogP contribution in [-0.4, -0.2) is 23.3 Å². The minimum atomic E-state index is -0.378. The summed E-state index contributed by atoms with van der Waals surface area (Å²) in [5.41, 5.74) is 1.90. The Bertz CT molecular complexity index is 334. The van der Waals surface area contributed by atoms with Crippen molar-refractivity contribution in [1.29, 1.82) is 0 Å². The molecule has 1 aliphatic heterocycles. The maximum Gasteiger partial charge on any atom is 0.0810 e. The summed E-state index contributed by atoms with van der Waals surface area (Å²) in [6, 6.07) is 3.85. The summed E-state index contributed by atoms with van der Waals surface area (Å²) >= 11 is 0. The molecule has 0 bridgehead atoms. The van der Waals surface area contributed by atoms with Crippen molar-refractivity contribution in [2.75, 3.05) is 13.2 Å². The molecule has 88 valence electrons. The van der Waals surface area contributed by atoms with E-state index in [0.717, 1.165) is 43.7 Å². The van der Waals surface area contributed by atoms with E-state index in [2.05, 4.69) is 4.98 Å². The van der Waals surface area contributed by atoms with E-state index in [1.807, 2.05) is 19.1 Å². The van der Waals surface area contributed by atoms with E-state index in [1.54, 1.807) is 6.20 Å². The number of aliphatic hydroxyl groups is 1. The number of hydrogen-bond donors (Lipinski definition) is 1. The lowest BCUT2D eigenvalue weighted by atomic mass is 9.91. The molecule has 16 heavy (non-hydrogen) atoms. The number of pyridine rings is 1. The molecule has 0 aliphatic carbocycles. The molecule has 1 N–H and O–H groups in total. The maximum absolute atomic E-state index is 10.2. The fourth-order valence-electron chi connectivity index (χ4n) is 2.27. The normalized spacial score (nSPS) is 19.6. The first-order valence-corrected chi connectivity index (χ1v) is 5.94. The SMILES string of the molecule is Cc1ncccc1C(O)CC1CCOCC1. The zero-order chi connectivity index (χ0) is 11.4. The third-order valence-corrected chi connectivity index (χ3v) is 3.30. The smallest absolute Gasteiger partial charge is 0.0810 e. The molecular weight excluding hydrogens is 202 g/mol. The summed E-state index contributed by atoms with van der Waals surface area (Å²) in [7, 11) is 0. The maximum atomic E-state index is 10.2. The zero-order valence-corrected chi connectivity index (χ0v) is 9.72. The van der Waals surface area contributed by atoms with Crippen molar-refractivity contribution in [3.05, 3.63) is 29.6 Å². The molecule has 0 amide bonds. The third-order valence-electron chi connectivity index (χ3n) is 3.30. The van der Waals surface area contributed by atoms with Crippen LogP contribution in [0.3, 0.4) is 0 Å². The van der Waals surface area contributed by atoms with Crippen LogP contribution in [0, 0.1) is 12.8 Å². The number of aromatic nitrogens is 1. The first kappa shape index (κ1) is 11.6. The van der Waals surface area contributed by atoms with Gasteiger partial charge in [0.1, 0.15) is 0 Å². The molecule has 1 aromatic rings. The van der Waals surface area contributed by atoms with Gasteiger partial charge in [-0.15, -0.1) is 0 Å². The van der Waals surface area contributed by atoms with Crippen LogP contribution in [0.4, 0.5) is 0 Å². The van der Waals surface area contributed by atoms with Crippen molar-refractivity contribution in [2.45, 2.75) is 32.3 Å². The summed E-state index contributed by atoms with van der Waals surface area (Å²) in [5.74, 6) is 0.586. The highest BCUT2D eigenvalue weighted by atomic mass is 16.5. The molecule has 0 spiro atoms. The van der Waals surface area contributed by atoms with Crippen LogP contribution in [0.25, 0.3) is 0 Å². The monoisotopic (exact) mass is 221 g/mol. The van der Waals surface area contributed by atoms with Crippen LogP contribution in [-0.2, 0) is 4.74 Å². The van der Waals surface area contributed by atoms with E-state index in [4.69, 9.17) is 4.74 Å². The lowest BCUT2D eigenvalue weighted by Crippen LogP contribution is -2.18. The van der Waals surface area contributed by atoms with Gasteiger partial charge >= 0.3 is 0 Å². The average Bonchev–Trinajstić information content (AvgIpc) is 2.31. The van der Waals surface area contributed by atoms with Crippen LogP contribution in [0.2, 0.25) is 0 Å². The molecule has 1 unspecified atom stereocenters. The van der Waals surface area contributed by atoms with E-state index in [9.17, 15) is 5.11 Å². The molecule has 1 aliphatic rings. The predicted octanol–water partition coefficient (Wildman–Crippen LogP) is 2.24. The molecule has 1 aromatic heterocycles. The number of rotatable bonds is 3. The van der Waals surface area contributed by atoms with Crippen molar-refractivity contribution in [1.82, 2.24) is 4.98 Å². The second-order valence-corrected chi connectivity index (χ2v) is 4.49. The first-order valence-electron chi connectivity index (χ1n) is 5.94. The van der Waals surface area contributed by atoms with Gasteiger partial charge in [0, 0.05) is 30.7 Å². The van der Waals surface area contributed by atoms with Gasteiger partial charge in [0.15, 0.2) is 0 Å². The molecule has 0 saturated carbocycles. The Morgan fingerprint density at radius 1 is 1.50 bits per heavy atom. The second-order valence-electron chi connectivity index (χ2n) is 4.49. The molecular formula is C13H19NO2. The lowest BCUT2D eigenvalue weighted by Gasteiger charge is -2.24. The largest absolute Gasteiger partial charge is 0.388 e. The van der Waals surface area contributed by atoms with Gasteiger partial charge in [-0.3, -0.25) is 4.98 Å². The van der Waals surface area contributed by atoms with E-state index in [-0.39, 0.29) is 6.10 Å². The summed E-state index contributed by atoms with van der Waals surface area (Å²) in [5, 5.41) is 10.2. The number of ether oxygens (including phenoxy) is 1. The Hall–Kier alpha value is -0.930. The van der Waals surface area contributed by atoms with Gasteiger partial charge in [0.2, 0.25) is 0 Å². The van der Waals surface area contributed by atoms with Gasteiger partial charge in [-0.2, -0.15) is 0 Å². The Morgan fingerprint density at radius 3 is 2.94 bits per heavy atom. The van der Waals surface area contributed by atoms with Gasteiger partial charge in [-0.25, -0.2) is 0 Å². The summed E-state index contributed by atoms with van der Waals surface area (Å²) in [4.78, 5) is 4.21. The Balaban J connectivity index is 1.96. The molecule has 2 rings (SSSR count). The minimum absolute atomic E-state index is 0.378. The second kappa shape index (κ2) is 5.41. The number of aliphatic hydroxyl groups excluding tert-OH is 1. The van der Waals surface area contributed by atoms with Crippen molar-refractivity contribution >= 4 is 0 Å². The van der Waals surface area contributed by atoms with Crippen molar-refractivity contribution in [3.8, 4) is 0 Å². The minimum Gasteiger partial charge on any atom is -0.388 e. The van der Waals surface area contributed by atoms with Crippen LogP contribution < -0.4 is 0 Å². The van der Waals surface area contributed by atoms with Gasteiger partial charge in [-0.1, -0.05) is 6.07 Å². The summed E-state index contributed by atoms with van der Waals surface area (Å²) in [6.07, 6.45) is 4.35. The Kier molecular flexibility index (Phi) is 3.91. The van der Waals surface area contributed by atoms with Gasteiger partial charge in [0.05, 0.1) is 6.10 Å². The molecule has 0 radical (unpaired) electrons. The van der Waals surface area contributed by atoms with Crippen molar-refractivity contribution in [3.63, 3.8) is 0 Å². The number of aryl methyl sites for hydroxylation is 1. The van der Waals surface area contributed by atoms with E-state index >= 15 is 0 Å². The molecule has 3 nitrogen and oxygen atoms in total. The van der Waals surface area contributed by atoms with Crippen LogP contribution in [0.5, 0.6) is 0 Å². The molecule has 1 saturated heterocycles. The standard InChI is InChI=1S/C13H19NO2/c1-10-12(3-2-6-14-10)13(15)9-11-4-7-16-8-5-11/h2-3,6,11,13,15H,4-5,7-9H2,1H3. The average molecular weight is 221 g/mol. The van der Waals surface area contributed by atoms with Crippen LogP contribution >= 0.6 is 0 Å². The molecule has 1 atom stereocenters. The fourth-order valence-corrected chi connectivity index (χ4v) is 2.27. The molecule has 1 fully saturated rings. The molecule has 3 heteroatoms. The topological polar surface area (TPSA) is 42.4 Å². The first-order chi connectivity index (χ1) is 7.77. The fraction of sp³-hybridized carbons (Fsp3) is 0.615. The van der Waals surface area contributed by atoms with E-state index < -0.39 is 0 Å². The lowest BCUT2D eigenvalue weighted by molar-refractivity contribution is 0.0433. The van der Waals surface area contributed by atoms with Gasteiger partial charge in [0.25, 0.3) is 0 Å². The van der Waals surface area contributed by atoms with E-state index in [1.165, 1.54) is 0 Å². The van der Waals surface area contributed by atoms with E-state index in [0.29, 0.717) is 5.92 Å². The summed E-state index contributed by atoms with van der Waals surface area (Å²) in [6.45, 7) is 3.62. The molecule has 0 aromatic carbocycles. The Labute approximate surface area is 96.5 Å². The van der Waals surface area contributed by atoms with Crippen molar-refractivity contribution < 1.29 is 9.84 Å². The third kappa shape index (κ3) is 2.80. The highest BCUT2D eigenvalue weighted by Crippen LogP contribution is 2.28.